The molecule has 8 heterocycles. The first kappa shape index (κ1) is 36.1. The molecule has 5 aliphatic heterocycles. The third-order valence-electron chi connectivity index (χ3n) is 12.3. The van der Waals surface area contributed by atoms with E-state index in [4.69, 9.17) is 4.98 Å². The van der Waals surface area contributed by atoms with Crippen molar-refractivity contribution in [2.24, 2.45) is 0 Å². The Kier molecular flexibility index (Phi) is 8.50. The van der Waals surface area contributed by atoms with Crippen LogP contribution in [0.1, 0.15) is 46.9 Å². The fourth-order valence-corrected chi connectivity index (χ4v) is 9.22. The van der Waals surface area contributed by atoms with Crippen LogP contribution in [0, 0.1) is 5.82 Å². The van der Waals surface area contributed by atoms with Crippen LogP contribution in [0.3, 0.4) is 0 Å². The number of halogens is 3. The first-order valence-electron chi connectivity index (χ1n) is 19.3. The largest absolute Gasteiger partial charge is 0.504 e. The van der Waals surface area contributed by atoms with Gasteiger partial charge >= 0.3 is 0 Å². The van der Waals surface area contributed by atoms with Crippen molar-refractivity contribution < 1.29 is 32.7 Å². The topological polar surface area (TPSA) is 165 Å². The van der Waals surface area contributed by atoms with Gasteiger partial charge in [-0.2, -0.15) is 5.10 Å². The summed E-state index contributed by atoms with van der Waals surface area (Å²) in [4.78, 5) is 50.1. The van der Waals surface area contributed by atoms with Crippen LogP contribution >= 0.6 is 0 Å². The number of alkyl halides is 2. The summed E-state index contributed by atoms with van der Waals surface area (Å²) in [6, 6.07) is 14.3. The number of imide groups is 1. The van der Waals surface area contributed by atoms with Gasteiger partial charge in [-0.1, -0.05) is 12.1 Å². The summed E-state index contributed by atoms with van der Waals surface area (Å²) in [6.07, 6.45) is -0.416. The Morgan fingerprint density at radius 2 is 1.83 bits per heavy atom. The van der Waals surface area contributed by atoms with Crippen LogP contribution in [-0.2, 0) is 22.7 Å². The molecule has 10 rings (SSSR count). The predicted molar refractivity (Wildman–Crippen MR) is 205 cm³/mol. The second-order valence-electron chi connectivity index (χ2n) is 15.6. The highest BCUT2D eigenvalue weighted by atomic mass is 19.3. The molecule has 0 saturated carbocycles. The number of pyridine rings is 1. The van der Waals surface area contributed by atoms with Gasteiger partial charge in [0.25, 0.3) is 12.3 Å². The van der Waals surface area contributed by atoms with Crippen LogP contribution in [0.5, 0.6) is 5.75 Å². The highest BCUT2D eigenvalue weighted by Gasteiger charge is 2.56. The average molecular weight is 794 g/mol. The van der Waals surface area contributed by atoms with Crippen LogP contribution in [0.25, 0.3) is 22.3 Å². The highest BCUT2D eigenvalue weighted by molar-refractivity contribution is 6.05. The Balaban J connectivity index is 0.812. The van der Waals surface area contributed by atoms with Gasteiger partial charge in [0, 0.05) is 82.0 Å². The molecule has 2 aromatic carbocycles. The molecule has 3 amide bonds. The molecule has 18 heteroatoms. The van der Waals surface area contributed by atoms with Crippen molar-refractivity contribution in [3.63, 3.8) is 0 Å². The van der Waals surface area contributed by atoms with Crippen LogP contribution in [0.15, 0.2) is 60.8 Å². The molecule has 298 valence electrons. The molecule has 5 aliphatic rings. The number of aromatic nitrogens is 5. The number of aromatic hydroxyl groups is 1. The number of hydrogen-bond donors (Lipinski definition) is 3. The summed E-state index contributed by atoms with van der Waals surface area (Å²) in [5.41, 5.74) is 3.75. The molecule has 3 saturated heterocycles. The maximum Gasteiger partial charge on any atom is 0.263 e. The minimum absolute atomic E-state index is 0.0595. The van der Waals surface area contributed by atoms with Crippen molar-refractivity contribution in [2.75, 3.05) is 54.4 Å². The Morgan fingerprint density at radius 1 is 0.983 bits per heavy atom. The molecule has 5 aromatic rings. The quantitative estimate of drug-likeness (QED) is 0.205. The van der Waals surface area contributed by atoms with E-state index in [1.807, 2.05) is 30.3 Å². The number of carbonyl (C=O) groups is 3. The summed E-state index contributed by atoms with van der Waals surface area (Å²) in [6.45, 7) is 4.10. The molecule has 0 bridgehead atoms. The smallest absolute Gasteiger partial charge is 0.263 e. The van der Waals surface area contributed by atoms with Gasteiger partial charge in [0.15, 0.2) is 17.4 Å². The summed E-state index contributed by atoms with van der Waals surface area (Å²) in [5, 5.41) is 28.7. The zero-order chi connectivity index (χ0) is 39.9. The van der Waals surface area contributed by atoms with Crippen LogP contribution in [0.4, 0.5) is 30.4 Å². The molecule has 3 N–H and O–H groups in total. The third-order valence-corrected chi connectivity index (χ3v) is 12.3. The lowest BCUT2D eigenvalue weighted by Gasteiger charge is -2.43. The third kappa shape index (κ3) is 5.87. The molecular weight excluding hydrogens is 756 g/mol. The molecular formula is C40H38F3N11O4. The number of piperidine rings is 1. The lowest BCUT2D eigenvalue weighted by molar-refractivity contribution is -0.136. The minimum Gasteiger partial charge on any atom is -0.504 e. The van der Waals surface area contributed by atoms with E-state index in [0.29, 0.717) is 42.1 Å². The van der Waals surface area contributed by atoms with E-state index in [1.54, 1.807) is 26.7 Å². The van der Waals surface area contributed by atoms with E-state index in [0.717, 1.165) is 54.7 Å². The summed E-state index contributed by atoms with van der Waals surface area (Å²) in [5.74, 6) is -2.01. The van der Waals surface area contributed by atoms with E-state index in [9.17, 15) is 23.9 Å². The fourth-order valence-electron chi connectivity index (χ4n) is 9.22. The van der Waals surface area contributed by atoms with Crippen molar-refractivity contribution in [1.29, 1.82) is 0 Å². The molecule has 3 fully saturated rings. The number of anilines is 3. The average Bonchev–Trinajstić information content (AvgIpc) is 3.93. The number of para-hydroxylation sites is 1. The maximum atomic E-state index is 15.1. The second-order valence-corrected chi connectivity index (χ2v) is 15.6. The highest BCUT2D eigenvalue weighted by Crippen LogP contribution is 2.49. The molecule has 0 aliphatic carbocycles. The van der Waals surface area contributed by atoms with Gasteiger partial charge in [-0.15, -0.1) is 10.2 Å². The van der Waals surface area contributed by atoms with Crippen molar-refractivity contribution >= 4 is 45.9 Å². The van der Waals surface area contributed by atoms with E-state index >= 15 is 8.78 Å². The summed E-state index contributed by atoms with van der Waals surface area (Å²) >= 11 is 0. The lowest BCUT2D eigenvalue weighted by Crippen LogP contribution is -2.57. The van der Waals surface area contributed by atoms with E-state index in [1.165, 1.54) is 12.1 Å². The SMILES string of the molecule is O=C1CC[C@H](N2Cc3ccc(N4CCN(Cc5ccc6c(cnn6[C@H]6CN7c8cc(-c9cccc(F)c9O)nnc8NC[C@@]7(C(F)F)C6)n5)CC4)cc3C2=O)C(=O)N1. The predicted octanol–water partition coefficient (Wildman–Crippen LogP) is 3.70. The number of benzene rings is 2. The van der Waals surface area contributed by atoms with E-state index in [-0.39, 0.29) is 49.0 Å². The molecule has 58 heavy (non-hydrogen) atoms. The number of amides is 3. The van der Waals surface area contributed by atoms with Crippen molar-refractivity contribution in [3.8, 4) is 17.0 Å². The molecule has 0 spiro atoms. The van der Waals surface area contributed by atoms with E-state index < -0.39 is 41.5 Å². The van der Waals surface area contributed by atoms with Crippen molar-refractivity contribution in [1.82, 2.24) is 40.1 Å². The Labute approximate surface area is 329 Å². The Hall–Kier alpha value is -6.30. The molecule has 0 radical (unpaired) electrons. The minimum atomic E-state index is -2.72. The van der Waals surface area contributed by atoms with Crippen LogP contribution in [-0.4, -0.2) is 115 Å². The molecule has 3 atom stereocenters. The second kappa shape index (κ2) is 13.7. The number of hydrogen-bond acceptors (Lipinski definition) is 12. The number of phenols is 1. The molecule has 15 nitrogen and oxygen atoms in total. The Bertz CT molecular complexity index is 2510. The number of nitrogens with one attached hydrogen (secondary N) is 2. The number of rotatable bonds is 7. The van der Waals surface area contributed by atoms with Crippen LogP contribution in [0.2, 0.25) is 0 Å². The van der Waals surface area contributed by atoms with Gasteiger partial charge in [0.05, 0.1) is 34.8 Å². The standard InChI is InChI=1S/C40H38F3N11O4/c41-28-3-1-2-26(35(28)56)29-15-33-36(49-48-29)44-21-40(39(42)43)16-25(20-53(33)40)54-31-7-5-23(46-30(31)17-45-54)19-50-10-12-51(13-11-50)24-6-4-22-18-52(38(58)27(22)14-24)32-8-9-34(55)47-37(32)57/h1-7,14-15,17,25,32,39,56H,8-13,16,18-21H2,(H,44,49)(H,47,55,57)/t25-,32+,40-/m1/s1. The monoisotopic (exact) mass is 793 g/mol. The van der Waals surface area contributed by atoms with Crippen molar-refractivity contribution in [3.05, 3.63) is 83.4 Å². The van der Waals surface area contributed by atoms with Crippen molar-refractivity contribution in [2.45, 2.75) is 56.4 Å². The number of nitrogens with zero attached hydrogens (tertiary/aromatic N) is 9. The zero-order valence-electron chi connectivity index (χ0n) is 31.1. The Morgan fingerprint density at radius 3 is 2.64 bits per heavy atom. The number of phenolic OH excluding ortho intramolecular Hbond substituents is 1. The van der Waals surface area contributed by atoms with Gasteiger partial charge in [0.1, 0.15) is 17.1 Å². The first-order valence-corrected chi connectivity index (χ1v) is 19.3. The van der Waals surface area contributed by atoms with Gasteiger partial charge < -0.3 is 25.1 Å². The first-order chi connectivity index (χ1) is 28.1. The molecule has 0 unspecified atom stereocenters. The number of carbonyl (C=O) groups excluding carboxylic acids is 3. The molecule has 3 aromatic heterocycles. The number of fused-ring (bicyclic) bond motifs is 5. The van der Waals surface area contributed by atoms with E-state index in [2.05, 4.69) is 35.7 Å². The zero-order valence-corrected chi connectivity index (χ0v) is 31.1. The summed E-state index contributed by atoms with van der Waals surface area (Å²) < 4.78 is 46.2. The summed E-state index contributed by atoms with van der Waals surface area (Å²) in [7, 11) is 0. The van der Waals surface area contributed by atoms with Gasteiger partial charge in [-0.05, 0) is 54.4 Å². The normalized spacial score (nSPS) is 23.3. The van der Waals surface area contributed by atoms with Gasteiger partial charge in [-0.25, -0.2) is 18.2 Å². The van der Waals surface area contributed by atoms with Gasteiger partial charge in [0.2, 0.25) is 11.8 Å². The number of piperazine rings is 1. The fraction of sp³-hybridized carbons (Fsp3) is 0.375. The van der Waals surface area contributed by atoms with Gasteiger partial charge in [-0.3, -0.25) is 29.3 Å². The lowest BCUT2D eigenvalue weighted by atomic mass is 9.92. The maximum absolute atomic E-state index is 15.1. The van der Waals surface area contributed by atoms with Crippen LogP contribution < -0.4 is 20.4 Å².